The van der Waals surface area contributed by atoms with E-state index in [4.69, 9.17) is 5.73 Å². The summed E-state index contributed by atoms with van der Waals surface area (Å²) >= 11 is 1.43. The highest BCUT2D eigenvalue weighted by Crippen LogP contribution is 2.33. The Labute approximate surface area is 107 Å². The Balaban J connectivity index is 2.24. The summed E-state index contributed by atoms with van der Waals surface area (Å²) in [7, 11) is 0. The lowest BCUT2D eigenvalue weighted by Gasteiger charge is -1.95. The van der Waals surface area contributed by atoms with Crippen LogP contribution in [0.5, 0.6) is 0 Å². The van der Waals surface area contributed by atoms with Gasteiger partial charge in [0.25, 0.3) is 5.91 Å². The maximum Gasteiger partial charge on any atom is 0.268 e. The van der Waals surface area contributed by atoms with Gasteiger partial charge in [0.2, 0.25) is 0 Å². The van der Waals surface area contributed by atoms with Gasteiger partial charge >= 0.3 is 0 Å². The molecule has 2 aromatic heterocycles. The molecule has 3 N–H and O–H groups in total. The number of aromatic amines is 1. The van der Waals surface area contributed by atoms with E-state index in [0.717, 1.165) is 27.2 Å². The van der Waals surface area contributed by atoms with Gasteiger partial charge in [-0.2, -0.15) is 0 Å². The van der Waals surface area contributed by atoms with Crippen LogP contribution in [0.1, 0.15) is 16.2 Å². The van der Waals surface area contributed by atoms with Crippen molar-refractivity contribution in [1.82, 2.24) is 9.97 Å². The number of amides is 1. The highest BCUT2D eigenvalue weighted by atomic mass is 32.1. The van der Waals surface area contributed by atoms with Gasteiger partial charge in [-0.15, -0.1) is 11.3 Å². The van der Waals surface area contributed by atoms with Crippen LogP contribution in [0.3, 0.4) is 0 Å². The summed E-state index contributed by atoms with van der Waals surface area (Å²) in [5.41, 5.74) is 8.71. The van der Waals surface area contributed by atoms with Crippen LogP contribution < -0.4 is 5.73 Å². The largest absolute Gasteiger partial charge is 0.364 e. The summed E-state index contributed by atoms with van der Waals surface area (Å²) in [5.74, 6) is -0.491. The number of thiazole rings is 1. The molecule has 1 amide bonds. The second-order valence-corrected chi connectivity index (χ2v) is 4.93. The summed E-state index contributed by atoms with van der Waals surface area (Å²) in [6.07, 6.45) is 0. The SMILES string of the molecule is Cc1[nH]c2ccccc2c1-c1nc(C(N)=O)cs1. The number of nitrogens with one attached hydrogen (secondary N) is 1. The van der Waals surface area contributed by atoms with Crippen molar-refractivity contribution >= 4 is 28.1 Å². The number of carbonyl (C=O) groups excluding carboxylic acids is 1. The van der Waals surface area contributed by atoms with Crippen molar-refractivity contribution in [3.63, 3.8) is 0 Å². The van der Waals surface area contributed by atoms with Crippen LogP contribution in [0.2, 0.25) is 0 Å². The normalized spacial score (nSPS) is 10.9. The molecule has 0 fully saturated rings. The molecule has 0 saturated heterocycles. The van der Waals surface area contributed by atoms with Crippen LogP contribution in [-0.2, 0) is 0 Å². The molecule has 0 aliphatic carbocycles. The minimum absolute atomic E-state index is 0.319. The van der Waals surface area contributed by atoms with E-state index in [-0.39, 0.29) is 0 Å². The van der Waals surface area contributed by atoms with E-state index in [1.807, 2.05) is 31.2 Å². The molecule has 0 aliphatic heterocycles. The lowest BCUT2D eigenvalue weighted by molar-refractivity contribution is 0.0996. The van der Waals surface area contributed by atoms with E-state index in [2.05, 4.69) is 9.97 Å². The average molecular weight is 257 g/mol. The van der Waals surface area contributed by atoms with Crippen LogP contribution in [0, 0.1) is 6.92 Å². The van der Waals surface area contributed by atoms with Gasteiger partial charge in [-0.3, -0.25) is 4.79 Å². The molecule has 0 saturated carbocycles. The summed E-state index contributed by atoms with van der Waals surface area (Å²) in [6.45, 7) is 2.00. The van der Waals surface area contributed by atoms with E-state index in [0.29, 0.717) is 5.69 Å². The summed E-state index contributed by atoms with van der Waals surface area (Å²) in [5, 5.41) is 3.62. The van der Waals surface area contributed by atoms with E-state index < -0.39 is 5.91 Å². The Bertz CT molecular complexity index is 742. The van der Waals surface area contributed by atoms with E-state index >= 15 is 0 Å². The standard InChI is InChI=1S/C13H11N3OS/c1-7-11(8-4-2-3-5-9(8)15-7)13-16-10(6-18-13)12(14)17/h2-6,15H,1H3,(H2,14,17). The van der Waals surface area contributed by atoms with Crippen LogP contribution >= 0.6 is 11.3 Å². The van der Waals surface area contributed by atoms with Gasteiger partial charge in [-0.25, -0.2) is 4.98 Å². The predicted octanol–water partition coefficient (Wildman–Crippen LogP) is 2.70. The molecule has 1 aromatic carbocycles. The number of carbonyl (C=O) groups is 1. The number of aromatic nitrogens is 2. The van der Waals surface area contributed by atoms with Gasteiger partial charge < -0.3 is 10.7 Å². The predicted molar refractivity (Wildman–Crippen MR) is 72.7 cm³/mol. The van der Waals surface area contributed by atoms with Crippen LogP contribution in [0.4, 0.5) is 0 Å². The molecular formula is C13H11N3OS. The average Bonchev–Trinajstić information content (AvgIpc) is 2.91. The zero-order valence-corrected chi connectivity index (χ0v) is 10.5. The molecule has 0 bridgehead atoms. The summed E-state index contributed by atoms with van der Waals surface area (Å²) in [6, 6.07) is 8.04. The number of H-pyrrole nitrogens is 1. The highest BCUT2D eigenvalue weighted by Gasteiger charge is 2.15. The van der Waals surface area contributed by atoms with Gasteiger partial charge in [0, 0.05) is 27.5 Å². The Morgan fingerprint density at radius 3 is 2.89 bits per heavy atom. The molecule has 2 heterocycles. The molecule has 0 aliphatic rings. The summed E-state index contributed by atoms with van der Waals surface area (Å²) in [4.78, 5) is 18.7. The van der Waals surface area contributed by atoms with Crippen molar-refractivity contribution in [3.05, 3.63) is 41.0 Å². The Hall–Kier alpha value is -2.14. The van der Waals surface area contributed by atoms with E-state index in [9.17, 15) is 4.79 Å². The van der Waals surface area contributed by atoms with Crippen molar-refractivity contribution in [3.8, 4) is 10.6 Å². The molecule has 18 heavy (non-hydrogen) atoms. The minimum Gasteiger partial charge on any atom is -0.364 e. The number of hydrogen-bond acceptors (Lipinski definition) is 3. The quantitative estimate of drug-likeness (QED) is 0.741. The molecule has 3 rings (SSSR count). The molecule has 4 nitrogen and oxygen atoms in total. The number of rotatable bonds is 2. The molecular weight excluding hydrogens is 246 g/mol. The number of benzene rings is 1. The Morgan fingerprint density at radius 2 is 2.17 bits per heavy atom. The molecule has 0 radical (unpaired) electrons. The lowest BCUT2D eigenvalue weighted by atomic mass is 10.1. The zero-order valence-electron chi connectivity index (χ0n) is 9.73. The molecule has 0 atom stereocenters. The number of nitrogens with two attached hydrogens (primary N) is 1. The first-order valence-corrected chi connectivity index (χ1v) is 6.38. The van der Waals surface area contributed by atoms with Gasteiger partial charge in [-0.1, -0.05) is 18.2 Å². The van der Waals surface area contributed by atoms with Crippen molar-refractivity contribution in [1.29, 1.82) is 0 Å². The fourth-order valence-corrected chi connectivity index (χ4v) is 2.98. The first-order chi connectivity index (χ1) is 8.66. The maximum absolute atomic E-state index is 11.1. The second kappa shape index (κ2) is 3.96. The number of aryl methyl sites for hydroxylation is 1. The third-order valence-corrected chi connectivity index (χ3v) is 3.72. The van der Waals surface area contributed by atoms with Gasteiger partial charge in [0.05, 0.1) is 0 Å². The zero-order chi connectivity index (χ0) is 12.7. The van der Waals surface area contributed by atoms with Gasteiger partial charge in [0.15, 0.2) is 0 Å². The maximum atomic E-state index is 11.1. The van der Waals surface area contributed by atoms with Crippen molar-refractivity contribution < 1.29 is 4.79 Å². The third kappa shape index (κ3) is 1.60. The fraction of sp³-hybridized carbons (Fsp3) is 0.0769. The number of fused-ring (bicyclic) bond motifs is 1. The van der Waals surface area contributed by atoms with Crippen molar-refractivity contribution in [2.45, 2.75) is 6.92 Å². The van der Waals surface area contributed by atoms with E-state index in [1.54, 1.807) is 5.38 Å². The van der Waals surface area contributed by atoms with Gasteiger partial charge in [-0.05, 0) is 13.0 Å². The Morgan fingerprint density at radius 1 is 1.39 bits per heavy atom. The minimum atomic E-state index is -0.491. The Kier molecular flexibility index (Phi) is 2.41. The van der Waals surface area contributed by atoms with Crippen LogP contribution in [-0.4, -0.2) is 15.9 Å². The molecule has 3 aromatic rings. The smallest absolute Gasteiger partial charge is 0.268 e. The second-order valence-electron chi connectivity index (χ2n) is 4.07. The topological polar surface area (TPSA) is 71.8 Å². The fourth-order valence-electron chi connectivity index (χ4n) is 2.05. The van der Waals surface area contributed by atoms with Gasteiger partial charge in [0.1, 0.15) is 10.7 Å². The molecule has 90 valence electrons. The number of nitrogens with zero attached hydrogens (tertiary/aromatic N) is 1. The van der Waals surface area contributed by atoms with Crippen LogP contribution in [0.15, 0.2) is 29.6 Å². The number of para-hydroxylation sites is 1. The number of primary amides is 1. The first kappa shape index (κ1) is 11.0. The molecule has 0 spiro atoms. The first-order valence-electron chi connectivity index (χ1n) is 5.50. The van der Waals surface area contributed by atoms with E-state index in [1.165, 1.54) is 11.3 Å². The van der Waals surface area contributed by atoms with Crippen LogP contribution in [0.25, 0.3) is 21.5 Å². The third-order valence-electron chi connectivity index (χ3n) is 2.86. The highest BCUT2D eigenvalue weighted by molar-refractivity contribution is 7.13. The lowest BCUT2D eigenvalue weighted by Crippen LogP contribution is -2.10. The monoisotopic (exact) mass is 257 g/mol. The van der Waals surface area contributed by atoms with Crippen molar-refractivity contribution in [2.24, 2.45) is 5.73 Å². The summed E-state index contributed by atoms with van der Waals surface area (Å²) < 4.78 is 0. The molecule has 5 heteroatoms. The number of hydrogen-bond donors (Lipinski definition) is 2. The molecule has 0 unspecified atom stereocenters. The van der Waals surface area contributed by atoms with Crippen molar-refractivity contribution in [2.75, 3.05) is 0 Å².